The molecular formula is C43H46N14O2. The minimum Gasteiger partial charge on any atom is -0.350 e. The molecule has 1 fully saturated rings. The molecule has 59 heavy (non-hydrogen) atoms. The number of rotatable bonds is 1. The van der Waals surface area contributed by atoms with Crippen molar-refractivity contribution >= 4 is 23.2 Å². The Labute approximate surface area is 341 Å². The molecule has 5 aliphatic rings. The SMILES string of the molecule is CN1Cc2nn(C)cc2-c2cnc3c(c2)C(=NC3)c2cn(nc2C2CC2)CCCC1=O.Cc1nn2cc1C1=NCc3ncc(cc31)-c1cn(C)nc1CNC(=O)CCC2. The number of pyridine rings is 2. The van der Waals surface area contributed by atoms with Crippen molar-refractivity contribution in [3.05, 3.63) is 106 Å². The lowest BCUT2D eigenvalue weighted by atomic mass is 9.98. The highest BCUT2D eigenvalue weighted by Crippen LogP contribution is 2.42. The van der Waals surface area contributed by atoms with E-state index in [1.54, 1.807) is 9.58 Å². The van der Waals surface area contributed by atoms with E-state index in [1.807, 2.05) is 73.1 Å². The molecule has 0 saturated heterocycles. The van der Waals surface area contributed by atoms with Crippen LogP contribution < -0.4 is 5.32 Å². The van der Waals surface area contributed by atoms with E-state index < -0.39 is 0 Å². The topological polar surface area (TPSA) is 171 Å². The Bertz CT molecular complexity index is 2720. The lowest BCUT2D eigenvalue weighted by molar-refractivity contribution is -0.130. The summed E-state index contributed by atoms with van der Waals surface area (Å²) in [5, 5.41) is 21.7. The summed E-state index contributed by atoms with van der Waals surface area (Å²) in [6.45, 7) is 5.50. The van der Waals surface area contributed by atoms with Gasteiger partial charge in [-0.1, -0.05) is 0 Å². The van der Waals surface area contributed by atoms with Crippen LogP contribution in [0.5, 0.6) is 0 Å². The Hall–Kier alpha value is -6.58. The standard InChI is InChI=1S/C23H25N7O.C20H21N7O/c1-28-13-20-17(11-29(2)26-20)15-8-16-19(24-9-15)10-25-23(16)18-12-30(7-3-4-21(28)31)27-22(18)14-5-6-14;1-12-15-11-27(24-12)5-3-4-19(28)22-9-18-16(10-26(2)25-18)13-6-14-17(21-7-13)8-23-20(14)15/h8-9,11-12,14H,3-7,10,13H2,1-2H3;6-7,10-11H,3-5,8-9H2,1-2H3,(H,22,28). The summed E-state index contributed by atoms with van der Waals surface area (Å²) in [4.78, 5) is 45.8. The first-order valence-corrected chi connectivity index (χ1v) is 20.4. The Kier molecular flexibility index (Phi) is 9.13. The van der Waals surface area contributed by atoms with Crippen LogP contribution in [0.2, 0.25) is 0 Å². The number of aryl methyl sites for hydroxylation is 5. The quantitative estimate of drug-likeness (QED) is 0.255. The van der Waals surface area contributed by atoms with Gasteiger partial charge in [0.25, 0.3) is 0 Å². The van der Waals surface area contributed by atoms with Gasteiger partial charge in [0.05, 0.1) is 71.8 Å². The van der Waals surface area contributed by atoms with Crippen LogP contribution in [0.3, 0.4) is 0 Å². The van der Waals surface area contributed by atoms with Gasteiger partial charge in [-0.15, -0.1) is 0 Å². The van der Waals surface area contributed by atoms with Crippen LogP contribution in [0.1, 0.15) is 101 Å². The molecule has 1 aliphatic carbocycles. The second kappa shape index (κ2) is 14.7. The van der Waals surface area contributed by atoms with E-state index in [4.69, 9.17) is 20.1 Å². The van der Waals surface area contributed by atoms with E-state index in [1.165, 1.54) is 12.8 Å². The molecule has 0 spiro atoms. The highest BCUT2D eigenvalue weighted by Gasteiger charge is 2.33. The summed E-state index contributed by atoms with van der Waals surface area (Å²) in [6.07, 6.45) is 16.7. The smallest absolute Gasteiger partial charge is 0.222 e. The van der Waals surface area contributed by atoms with Crippen LogP contribution in [-0.2, 0) is 63.0 Å². The second-order valence-corrected chi connectivity index (χ2v) is 16.2. The molecule has 0 unspecified atom stereocenters. The number of fused-ring (bicyclic) bond motifs is 12. The number of aromatic nitrogens is 10. The lowest BCUT2D eigenvalue weighted by Crippen LogP contribution is -2.26. The Morgan fingerprint density at radius 2 is 1.24 bits per heavy atom. The fourth-order valence-electron chi connectivity index (χ4n) is 8.50. The average molecular weight is 791 g/mol. The van der Waals surface area contributed by atoms with E-state index in [2.05, 4.69) is 43.9 Å². The summed E-state index contributed by atoms with van der Waals surface area (Å²) in [5.74, 6) is 0.669. The third-order valence-electron chi connectivity index (χ3n) is 11.7. The number of hydrogen-bond acceptors (Lipinski definition) is 10. The zero-order valence-corrected chi connectivity index (χ0v) is 33.8. The Balaban J connectivity index is 0.000000143. The van der Waals surface area contributed by atoms with Crippen LogP contribution in [0.4, 0.5) is 0 Å². The number of hydrogen-bond donors (Lipinski definition) is 1. The molecule has 300 valence electrons. The molecule has 4 aliphatic heterocycles. The maximum absolute atomic E-state index is 12.7. The summed E-state index contributed by atoms with van der Waals surface area (Å²) >= 11 is 0. The number of nitrogens with one attached hydrogen (secondary N) is 1. The molecule has 16 heteroatoms. The van der Waals surface area contributed by atoms with Gasteiger partial charge in [0.15, 0.2) is 0 Å². The first kappa shape index (κ1) is 36.7. The number of carbonyl (C=O) groups excluding carboxylic acids is 2. The van der Waals surface area contributed by atoms with Gasteiger partial charge in [-0.05, 0) is 44.7 Å². The van der Waals surface area contributed by atoms with Gasteiger partial charge in [0.2, 0.25) is 11.8 Å². The normalized spacial score (nSPS) is 17.3. The van der Waals surface area contributed by atoms with Crippen molar-refractivity contribution < 1.29 is 9.59 Å². The van der Waals surface area contributed by atoms with Gasteiger partial charge >= 0.3 is 0 Å². The fourth-order valence-corrected chi connectivity index (χ4v) is 8.50. The molecule has 6 aromatic heterocycles. The minimum absolute atomic E-state index is 0.0214. The van der Waals surface area contributed by atoms with Crippen molar-refractivity contribution in [2.75, 3.05) is 7.05 Å². The number of carbonyl (C=O) groups is 2. The Morgan fingerprint density at radius 1 is 0.644 bits per heavy atom. The number of aliphatic imine (C=N–C) groups is 2. The largest absolute Gasteiger partial charge is 0.350 e. The van der Waals surface area contributed by atoms with Gasteiger partial charge in [0, 0.05) is 135 Å². The molecule has 10 heterocycles. The molecule has 0 radical (unpaired) electrons. The summed E-state index contributed by atoms with van der Waals surface area (Å²) in [5.41, 5.74) is 16.0. The van der Waals surface area contributed by atoms with Gasteiger partial charge < -0.3 is 10.2 Å². The van der Waals surface area contributed by atoms with Crippen molar-refractivity contribution in [1.82, 2.24) is 59.3 Å². The van der Waals surface area contributed by atoms with Crippen molar-refractivity contribution in [2.24, 2.45) is 24.1 Å². The molecule has 6 aromatic rings. The number of nitrogens with zero attached hydrogens (tertiary/aromatic N) is 13. The number of amides is 2. The highest BCUT2D eigenvalue weighted by molar-refractivity contribution is 6.16. The zero-order chi connectivity index (χ0) is 40.4. The van der Waals surface area contributed by atoms with E-state index in [-0.39, 0.29) is 11.8 Å². The monoisotopic (exact) mass is 790 g/mol. The fraction of sp³-hybridized carbons (Fsp3) is 0.395. The molecule has 1 N–H and O–H groups in total. The van der Waals surface area contributed by atoms with Crippen LogP contribution >= 0.6 is 0 Å². The minimum atomic E-state index is 0.0214. The van der Waals surface area contributed by atoms with Crippen LogP contribution in [0.25, 0.3) is 22.3 Å². The van der Waals surface area contributed by atoms with E-state index in [0.29, 0.717) is 51.5 Å². The first-order chi connectivity index (χ1) is 28.6. The van der Waals surface area contributed by atoms with Crippen LogP contribution in [0, 0.1) is 6.92 Å². The third kappa shape index (κ3) is 7.05. The zero-order valence-electron chi connectivity index (χ0n) is 33.8. The van der Waals surface area contributed by atoms with Gasteiger partial charge in [-0.2, -0.15) is 20.4 Å². The Morgan fingerprint density at radius 3 is 1.92 bits per heavy atom. The van der Waals surface area contributed by atoms with Crippen molar-refractivity contribution in [3.63, 3.8) is 0 Å². The highest BCUT2D eigenvalue weighted by atomic mass is 16.2. The van der Waals surface area contributed by atoms with Gasteiger partial charge in [-0.25, -0.2) is 0 Å². The first-order valence-electron chi connectivity index (χ1n) is 20.4. The van der Waals surface area contributed by atoms with Crippen LogP contribution in [-0.4, -0.2) is 84.3 Å². The molecular weight excluding hydrogens is 745 g/mol. The second-order valence-electron chi connectivity index (χ2n) is 16.2. The molecule has 8 bridgehead atoms. The predicted molar refractivity (Wildman–Crippen MR) is 220 cm³/mol. The van der Waals surface area contributed by atoms with E-state index in [9.17, 15) is 9.59 Å². The van der Waals surface area contributed by atoms with Crippen molar-refractivity contribution in [2.45, 2.75) is 90.6 Å². The molecule has 11 rings (SSSR count). The van der Waals surface area contributed by atoms with E-state index >= 15 is 0 Å². The predicted octanol–water partition coefficient (Wildman–Crippen LogP) is 4.41. The molecule has 0 aromatic carbocycles. The van der Waals surface area contributed by atoms with E-state index in [0.717, 1.165) is 109 Å². The third-order valence-corrected chi connectivity index (χ3v) is 11.7. The summed E-state index contributed by atoms with van der Waals surface area (Å²) in [6, 6.07) is 4.32. The van der Waals surface area contributed by atoms with Gasteiger partial charge in [-0.3, -0.25) is 48.3 Å². The van der Waals surface area contributed by atoms with Crippen molar-refractivity contribution in [3.8, 4) is 22.3 Å². The summed E-state index contributed by atoms with van der Waals surface area (Å²) in [7, 11) is 5.65. The molecule has 1 saturated carbocycles. The maximum Gasteiger partial charge on any atom is 0.222 e. The van der Waals surface area contributed by atoms with Gasteiger partial charge in [0.1, 0.15) is 0 Å². The van der Waals surface area contributed by atoms with Crippen LogP contribution in [0.15, 0.2) is 59.3 Å². The molecule has 2 amide bonds. The maximum atomic E-state index is 12.7. The van der Waals surface area contributed by atoms with Crippen molar-refractivity contribution in [1.29, 1.82) is 0 Å². The molecule has 16 nitrogen and oxygen atoms in total. The molecule has 0 atom stereocenters. The average Bonchev–Trinajstić information content (AvgIpc) is 3.73. The lowest BCUT2D eigenvalue weighted by Gasteiger charge is -2.17. The summed E-state index contributed by atoms with van der Waals surface area (Å²) < 4.78 is 7.50.